The topological polar surface area (TPSA) is 79.4 Å². The van der Waals surface area contributed by atoms with Gasteiger partial charge in [0.15, 0.2) is 5.78 Å². The van der Waals surface area contributed by atoms with Crippen molar-refractivity contribution >= 4 is 22.7 Å². The third kappa shape index (κ3) is 3.07. The third-order valence-electron chi connectivity index (χ3n) is 3.45. The van der Waals surface area contributed by atoms with Gasteiger partial charge in [-0.05, 0) is 39.0 Å². The van der Waals surface area contributed by atoms with Crippen LogP contribution in [-0.4, -0.2) is 28.4 Å². The maximum absolute atomic E-state index is 12.4. The molecule has 0 aliphatic rings. The first kappa shape index (κ1) is 15.1. The van der Waals surface area contributed by atoms with E-state index in [4.69, 9.17) is 9.84 Å². The first-order valence-corrected chi connectivity index (χ1v) is 6.85. The highest BCUT2D eigenvalue weighted by Crippen LogP contribution is 2.28. The van der Waals surface area contributed by atoms with Crippen molar-refractivity contribution in [2.24, 2.45) is 5.41 Å². The number of hydrogen-bond acceptors (Lipinski definition) is 3. The number of Topliss-reactive ketones (excluding diaryl/α,β-unsaturated/α-hetero) is 1. The zero-order valence-corrected chi connectivity index (χ0v) is 12.4. The lowest BCUT2D eigenvalue weighted by Gasteiger charge is -2.17. The van der Waals surface area contributed by atoms with E-state index in [1.54, 1.807) is 26.1 Å². The molecule has 0 aliphatic carbocycles. The molecule has 0 unspecified atom stereocenters. The van der Waals surface area contributed by atoms with Gasteiger partial charge in [-0.2, -0.15) is 0 Å². The van der Waals surface area contributed by atoms with Gasteiger partial charge >= 0.3 is 5.97 Å². The highest BCUT2D eigenvalue weighted by molar-refractivity contribution is 6.09. The van der Waals surface area contributed by atoms with Gasteiger partial charge in [0.2, 0.25) is 0 Å². The Morgan fingerprint density at radius 1 is 1.33 bits per heavy atom. The predicted molar refractivity (Wildman–Crippen MR) is 79.8 cm³/mol. The molecule has 2 N–H and O–H groups in total. The minimum atomic E-state index is -1.09. The summed E-state index contributed by atoms with van der Waals surface area (Å²) in [6.07, 6.45) is 1.58. The standard InChI is InChI=1S/C16H19NO4/c1-4-21-10-5-6-13-11(7-10)12(9-17-13)14(18)8-16(2,3)15(19)20/h5-7,9,17H,4,8H2,1-3H3,(H,19,20). The van der Waals surface area contributed by atoms with Crippen LogP contribution in [0.4, 0.5) is 0 Å². The molecule has 1 aromatic heterocycles. The average Bonchev–Trinajstić information content (AvgIpc) is 2.81. The minimum Gasteiger partial charge on any atom is -0.494 e. The summed E-state index contributed by atoms with van der Waals surface area (Å²) in [7, 11) is 0. The summed E-state index contributed by atoms with van der Waals surface area (Å²) in [5, 5.41) is 9.89. The summed E-state index contributed by atoms with van der Waals surface area (Å²) in [5.74, 6) is -0.482. The predicted octanol–water partition coefficient (Wildman–Crippen LogP) is 3.25. The number of rotatable bonds is 6. The molecule has 2 aromatic rings. The number of carbonyl (C=O) groups is 2. The van der Waals surface area contributed by atoms with Gasteiger partial charge in [0.1, 0.15) is 5.75 Å². The van der Waals surface area contributed by atoms with Crippen LogP contribution in [0.15, 0.2) is 24.4 Å². The van der Waals surface area contributed by atoms with Crippen molar-refractivity contribution in [1.29, 1.82) is 0 Å². The van der Waals surface area contributed by atoms with Crippen molar-refractivity contribution in [1.82, 2.24) is 4.98 Å². The Bertz CT molecular complexity index is 685. The number of carboxylic acid groups (broad SMARTS) is 1. The number of carboxylic acids is 1. The van der Waals surface area contributed by atoms with E-state index < -0.39 is 11.4 Å². The Hall–Kier alpha value is -2.30. The molecule has 0 saturated carbocycles. The molecule has 0 bridgehead atoms. The molecule has 5 nitrogen and oxygen atoms in total. The lowest BCUT2D eigenvalue weighted by atomic mass is 9.85. The average molecular weight is 289 g/mol. The molecule has 0 atom stereocenters. The molecule has 112 valence electrons. The van der Waals surface area contributed by atoms with E-state index in [9.17, 15) is 9.59 Å². The smallest absolute Gasteiger partial charge is 0.309 e. The summed E-state index contributed by atoms with van der Waals surface area (Å²) in [6.45, 7) is 5.54. The molecule has 1 aromatic carbocycles. The molecule has 0 amide bonds. The van der Waals surface area contributed by atoms with Gasteiger partial charge in [-0.3, -0.25) is 9.59 Å². The van der Waals surface area contributed by atoms with E-state index in [0.717, 1.165) is 10.9 Å². The maximum atomic E-state index is 12.4. The number of ketones is 1. The number of H-pyrrole nitrogens is 1. The number of aromatic amines is 1. The number of aromatic nitrogens is 1. The van der Waals surface area contributed by atoms with Crippen molar-refractivity contribution in [2.75, 3.05) is 6.61 Å². The van der Waals surface area contributed by atoms with E-state index in [-0.39, 0.29) is 12.2 Å². The molecule has 5 heteroatoms. The van der Waals surface area contributed by atoms with Crippen LogP contribution in [0.2, 0.25) is 0 Å². The summed E-state index contributed by atoms with van der Waals surface area (Å²) in [5.41, 5.74) is 0.244. The fourth-order valence-corrected chi connectivity index (χ4v) is 2.16. The Morgan fingerprint density at radius 2 is 2.05 bits per heavy atom. The fourth-order valence-electron chi connectivity index (χ4n) is 2.16. The van der Waals surface area contributed by atoms with Gasteiger partial charge in [0.25, 0.3) is 0 Å². The fraction of sp³-hybridized carbons (Fsp3) is 0.375. The van der Waals surface area contributed by atoms with Gasteiger partial charge in [-0.15, -0.1) is 0 Å². The van der Waals surface area contributed by atoms with Gasteiger partial charge in [-0.25, -0.2) is 0 Å². The van der Waals surface area contributed by atoms with Crippen molar-refractivity contribution in [3.05, 3.63) is 30.0 Å². The van der Waals surface area contributed by atoms with Crippen LogP contribution in [0.1, 0.15) is 37.6 Å². The highest BCUT2D eigenvalue weighted by Gasteiger charge is 2.31. The Balaban J connectivity index is 2.35. The quantitative estimate of drug-likeness (QED) is 0.800. The van der Waals surface area contributed by atoms with Gasteiger partial charge < -0.3 is 14.8 Å². The van der Waals surface area contributed by atoms with E-state index >= 15 is 0 Å². The van der Waals surface area contributed by atoms with Crippen molar-refractivity contribution in [3.8, 4) is 5.75 Å². The molecule has 1 heterocycles. The zero-order chi connectivity index (χ0) is 15.6. The molecule has 0 spiro atoms. The number of ether oxygens (including phenoxy) is 1. The number of aliphatic carboxylic acids is 1. The third-order valence-corrected chi connectivity index (χ3v) is 3.45. The molecular formula is C16H19NO4. The lowest BCUT2D eigenvalue weighted by molar-refractivity contribution is -0.146. The number of benzene rings is 1. The molecular weight excluding hydrogens is 270 g/mol. The Labute approximate surface area is 122 Å². The summed E-state index contributed by atoms with van der Waals surface area (Å²) >= 11 is 0. The first-order chi connectivity index (χ1) is 9.85. The Kier molecular flexibility index (Phi) is 4.02. The van der Waals surface area contributed by atoms with E-state index in [1.165, 1.54) is 0 Å². The van der Waals surface area contributed by atoms with Gasteiger partial charge in [0, 0.05) is 29.1 Å². The Morgan fingerprint density at radius 3 is 2.67 bits per heavy atom. The molecule has 0 saturated heterocycles. The second-order valence-electron chi connectivity index (χ2n) is 5.63. The summed E-state index contributed by atoms with van der Waals surface area (Å²) in [6, 6.07) is 5.48. The molecule has 2 rings (SSSR count). The van der Waals surface area contributed by atoms with Crippen LogP contribution in [0.5, 0.6) is 5.75 Å². The maximum Gasteiger partial charge on any atom is 0.309 e. The highest BCUT2D eigenvalue weighted by atomic mass is 16.5. The van der Waals surface area contributed by atoms with E-state index in [2.05, 4.69) is 4.98 Å². The van der Waals surface area contributed by atoms with E-state index in [1.807, 2.05) is 19.1 Å². The summed E-state index contributed by atoms with van der Waals surface area (Å²) < 4.78 is 5.44. The van der Waals surface area contributed by atoms with E-state index in [0.29, 0.717) is 17.9 Å². The van der Waals surface area contributed by atoms with Crippen LogP contribution >= 0.6 is 0 Å². The van der Waals surface area contributed by atoms with Crippen LogP contribution in [0, 0.1) is 5.41 Å². The van der Waals surface area contributed by atoms with Crippen molar-refractivity contribution in [2.45, 2.75) is 27.2 Å². The summed E-state index contributed by atoms with van der Waals surface area (Å²) in [4.78, 5) is 26.6. The molecule has 0 aliphatic heterocycles. The number of fused-ring (bicyclic) bond motifs is 1. The van der Waals surface area contributed by atoms with Gasteiger partial charge in [-0.1, -0.05) is 0 Å². The van der Waals surface area contributed by atoms with Crippen molar-refractivity contribution in [3.63, 3.8) is 0 Å². The van der Waals surface area contributed by atoms with Crippen LogP contribution in [0.3, 0.4) is 0 Å². The number of carbonyl (C=O) groups excluding carboxylic acids is 1. The van der Waals surface area contributed by atoms with Crippen LogP contribution in [-0.2, 0) is 4.79 Å². The second kappa shape index (κ2) is 5.60. The zero-order valence-electron chi connectivity index (χ0n) is 12.4. The molecule has 0 radical (unpaired) electrons. The largest absolute Gasteiger partial charge is 0.494 e. The monoisotopic (exact) mass is 289 g/mol. The lowest BCUT2D eigenvalue weighted by Crippen LogP contribution is -2.26. The second-order valence-corrected chi connectivity index (χ2v) is 5.63. The molecule has 21 heavy (non-hydrogen) atoms. The normalized spacial score (nSPS) is 11.6. The number of nitrogens with one attached hydrogen (secondary N) is 1. The van der Waals surface area contributed by atoms with Crippen LogP contribution < -0.4 is 4.74 Å². The van der Waals surface area contributed by atoms with Crippen molar-refractivity contribution < 1.29 is 19.4 Å². The van der Waals surface area contributed by atoms with Crippen LogP contribution in [0.25, 0.3) is 10.9 Å². The SMILES string of the molecule is CCOc1ccc2[nH]cc(C(=O)CC(C)(C)C(=O)O)c2c1. The minimum absolute atomic E-state index is 0.0475. The number of hydrogen-bond donors (Lipinski definition) is 2. The molecule has 0 fully saturated rings. The first-order valence-electron chi connectivity index (χ1n) is 6.85. The van der Waals surface area contributed by atoms with Gasteiger partial charge in [0.05, 0.1) is 12.0 Å².